The fourth-order valence-electron chi connectivity index (χ4n) is 2.04. The van der Waals surface area contributed by atoms with Crippen LogP contribution < -0.4 is 9.47 Å². The Hall–Kier alpha value is -2.15. The Balaban J connectivity index is 2.54. The van der Waals surface area contributed by atoms with Crippen LogP contribution in [0.1, 0.15) is 11.1 Å². The van der Waals surface area contributed by atoms with Gasteiger partial charge in [0, 0.05) is 10.6 Å². The molecule has 0 atom stereocenters. The van der Waals surface area contributed by atoms with Gasteiger partial charge in [-0.3, -0.25) is 0 Å². The van der Waals surface area contributed by atoms with Crippen molar-refractivity contribution < 1.29 is 9.47 Å². The second-order valence-electron chi connectivity index (χ2n) is 4.39. The summed E-state index contributed by atoms with van der Waals surface area (Å²) in [4.78, 5) is 0. The monoisotopic (exact) mass is 333 g/mol. The number of benzene rings is 2. The van der Waals surface area contributed by atoms with Crippen LogP contribution in [0.2, 0.25) is 10.0 Å². The summed E-state index contributed by atoms with van der Waals surface area (Å²) in [6.07, 6.45) is 1.70. The number of methoxy groups -OCH3 is 2. The molecular formula is C17H13Cl2NO2. The summed E-state index contributed by atoms with van der Waals surface area (Å²) in [5.41, 5.74) is 1.82. The largest absolute Gasteiger partial charge is 0.493 e. The minimum Gasteiger partial charge on any atom is -0.493 e. The molecule has 0 aliphatic carbocycles. The third-order valence-electron chi connectivity index (χ3n) is 3.05. The number of rotatable bonds is 4. The van der Waals surface area contributed by atoms with E-state index in [0.717, 1.165) is 5.56 Å². The summed E-state index contributed by atoms with van der Waals surface area (Å²) < 4.78 is 10.4. The van der Waals surface area contributed by atoms with Crippen LogP contribution in [0, 0.1) is 11.3 Å². The van der Waals surface area contributed by atoms with Gasteiger partial charge in [-0.25, -0.2) is 0 Å². The van der Waals surface area contributed by atoms with Gasteiger partial charge in [-0.1, -0.05) is 41.4 Å². The lowest BCUT2D eigenvalue weighted by Gasteiger charge is -2.10. The molecule has 0 unspecified atom stereocenters. The first-order valence-electron chi connectivity index (χ1n) is 6.39. The predicted octanol–water partition coefficient (Wildman–Crippen LogP) is 5.07. The van der Waals surface area contributed by atoms with E-state index in [-0.39, 0.29) is 0 Å². The summed E-state index contributed by atoms with van der Waals surface area (Å²) in [6, 6.07) is 12.8. The highest BCUT2D eigenvalue weighted by Crippen LogP contribution is 2.37. The van der Waals surface area contributed by atoms with Gasteiger partial charge in [0.2, 0.25) is 0 Å². The highest BCUT2D eigenvalue weighted by Gasteiger charge is 2.11. The molecule has 0 saturated heterocycles. The molecule has 3 nitrogen and oxygen atoms in total. The summed E-state index contributed by atoms with van der Waals surface area (Å²) in [5.74, 6) is 0.954. The predicted molar refractivity (Wildman–Crippen MR) is 89.5 cm³/mol. The maximum Gasteiger partial charge on any atom is 0.179 e. The third-order valence-corrected chi connectivity index (χ3v) is 3.66. The van der Waals surface area contributed by atoms with E-state index in [0.29, 0.717) is 32.7 Å². The van der Waals surface area contributed by atoms with Gasteiger partial charge in [0.1, 0.15) is 0 Å². The van der Waals surface area contributed by atoms with Crippen molar-refractivity contribution in [1.29, 1.82) is 5.26 Å². The van der Waals surface area contributed by atoms with Crippen molar-refractivity contribution in [2.24, 2.45) is 0 Å². The van der Waals surface area contributed by atoms with E-state index in [1.807, 2.05) is 12.1 Å². The first kappa shape index (κ1) is 16.2. The average Bonchev–Trinajstić information content (AvgIpc) is 2.52. The Morgan fingerprint density at radius 3 is 2.41 bits per heavy atom. The molecule has 2 aromatic rings. The number of halogens is 2. The lowest BCUT2D eigenvalue weighted by atomic mass is 10.0. The van der Waals surface area contributed by atoms with Crippen LogP contribution in [0.4, 0.5) is 0 Å². The molecule has 0 aromatic heterocycles. The van der Waals surface area contributed by atoms with E-state index in [9.17, 15) is 5.26 Å². The molecule has 0 fully saturated rings. The van der Waals surface area contributed by atoms with Crippen LogP contribution >= 0.6 is 23.2 Å². The van der Waals surface area contributed by atoms with Gasteiger partial charge in [0.15, 0.2) is 11.5 Å². The molecule has 0 aliphatic rings. The molecule has 0 heterocycles. The molecule has 0 N–H and O–H groups in total. The zero-order valence-corrected chi connectivity index (χ0v) is 13.6. The Morgan fingerprint density at radius 2 is 1.82 bits per heavy atom. The van der Waals surface area contributed by atoms with Crippen LogP contribution in [-0.2, 0) is 0 Å². The lowest BCUT2D eigenvalue weighted by molar-refractivity contribution is 0.355. The zero-order valence-electron chi connectivity index (χ0n) is 12.1. The van der Waals surface area contributed by atoms with Crippen LogP contribution in [-0.4, -0.2) is 14.2 Å². The number of nitrogens with zero attached hydrogens (tertiary/aromatic N) is 1. The van der Waals surface area contributed by atoms with Gasteiger partial charge in [0.05, 0.1) is 30.9 Å². The molecule has 0 amide bonds. The van der Waals surface area contributed by atoms with Crippen molar-refractivity contribution in [2.45, 2.75) is 0 Å². The molecular weight excluding hydrogens is 321 g/mol. The number of ether oxygens (including phenoxy) is 2. The minimum absolute atomic E-state index is 0.407. The average molecular weight is 334 g/mol. The first-order valence-corrected chi connectivity index (χ1v) is 7.14. The second-order valence-corrected chi connectivity index (χ2v) is 5.20. The van der Waals surface area contributed by atoms with Crippen molar-refractivity contribution in [3.63, 3.8) is 0 Å². The molecule has 112 valence electrons. The molecule has 2 aromatic carbocycles. The fraction of sp³-hybridized carbons (Fsp3) is 0.118. The Bertz CT molecular complexity index is 764. The summed E-state index contributed by atoms with van der Waals surface area (Å²) in [7, 11) is 3.05. The number of hydrogen-bond donors (Lipinski definition) is 0. The van der Waals surface area contributed by atoms with Gasteiger partial charge in [-0.05, 0) is 29.8 Å². The van der Waals surface area contributed by atoms with Gasteiger partial charge in [-0.15, -0.1) is 0 Å². The summed E-state index contributed by atoms with van der Waals surface area (Å²) >= 11 is 12.3. The molecule has 0 bridgehead atoms. The van der Waals surface area contributed by atoms with Gasteiger partial charge >= 0.3 is 0 Å². The summed E-state index contributed by atoms with van der Waals surface area (Å²) in [6.45, 7) is 0. The van der Waals surface area contributed by atoms with Crippen molar-refractivity contribution in [1.82, 2.24) is 0 Å². The second kappa shape index (κ2) is 7.22. The number of allylic oxidation sites excluding steroid dienone is 1. The van der Waals surface area contributed by atoms with Gasteiger partial charge < -0.3 is 9.47 Å². The van der Waals surface area contributed by atoms with Crippen molar-refractivity contribution in [2.75, 3.05) is 14.2 Å². The number of hydrogen-bond acceptors (Lipinski definition) is 3. The lowest BCUT2D eigenvalue weighted by Crippen LogP contribution is -1.92. The van der Waals surface area contributed by atoms with Crippen molar-refractivity contribution in [3.05, 3.63) is 57.6 Å². The van der Waals surface area contributed by atoms with Crippen molar-refractivity contribution >= 4 is 34.9 Å². The molecule has 0 spiro atoms. The molecule has 0 radical (unpaired) electrons. The van der Waals surface area contributed by atoms with Crippen LogP contribution in [0.3, 0.4) is 0 Å². The highest BCUT2D eigenvalue weighted by atomic mass is 35.5. The Kier molecular flexibility index (Phi) is 5.32. The molecule has 22 heavy (non-hydrogen) atoms. The van der Waals surface area contributed by atoms with Gasteiger partial charge in [-0.2, -0.15) is 5.26 Å². The first-order chi connectivity index (χ1) is 10.6. The number of nitriles is 1. The van der Waals surface area contributed by atoms with Crippen LogP contribution in [0.5, 0.6) is 11.5 Å². The van der Waals surface area contributed by atoms with Crippen molar-refractivity contribution in [3.8, 4) is 17.6 Å². The molecule has 0 aliphatic heterocycles. The highest BCUT2D eigenvalue weighted by molar-refractivity contribution is 6.33. The quantitative estimate of drug-likeness (QED) is 0.579. The molecule has 2 rings (SSSR count). The standard InChI is InChI=1S/C17H13Cl2NO2/c1-21-16-9-11(8-15(19)17(16)22-2)7-12(10-20)13-5-3-4-6-14(13)18/h3-9H,1-2H3. The maximum atomic E-state index is 9.40. The van der Waals surface area contributed by atoms with E-state index < -0.39 is 0 Å². The summed E-state index contributed by atoms with van der Waals surface area (Å²) in [5, 5.41) is 10.3. The smallest absolute Gasteiger partial charge is 0.179 e. The minimum atomic E-state index is 0.407. The fourth-order valence-corrected chi connectivity index (χ4v) is 2.57. The van der Waals surface area contributed by atoms with E-state index in [1.165, 1.54) is 14.2 Å². The van der Waals surface area contributed by atoms with E-state index >= 15 is 0 Å². The Morgan fingerprint density at radius 1 is 1.09 bits per heavy atom. The van der Waals surface area contributed by atoms with Crippen LogP contribution in [0.25, 0.3) is 11.6 Å². The van der Waals surface area contributed by atoms with Crippen LogP contribution in [0.15, 0.2) is 36.4 Å². The molecule has 0 saturated carbocycles. The molecule has 5 heteroatoms. The topological polar surface area (TPSA) is 42.2 Å². The SMILES string of the molecule is COc1cc(C=C(C#N)c2ccccc2Cl)cc(Cl)c1OC. The zero-order chi connectivity index (χ0) is 16.1. The van der Waals surface area contributed by atoms with Gasteiger partial charge in [0.25, 0.3) is 0 Å². The van der Waals surface area contributed by atoms with E-state index in [1.54, 1.807) is 30.3 Å². The third kappa shape index (κ3) is 3.36. The normalized spacial score (nSPS) is 11.0. The Labute approximate surface area is 139 Å². The maximum absolute atomic E-state index is 9.40. The van der Waals surface area contributed by atoms with E-state index in [2.05, 4.69) is 6.07 Å². The van der Waals surface area contributed by atoms with E-state index in [4.69, 9.17) is 32.7 Å².